The van der Waals surface area contributed by atoms with Gasteiger partial charge in [0.1, 0.15) is 0 Å². The van der Waals surface area contributed by atoms with Crippen molar-refractivity contribution in [1.82, 2.24) is 24.9 Å². The molecule has 0 aromatic carbocycles. The van der Waals surface area contributed by atoms with Gasteiger partial charge in [-0.3, -0.25) is 4.57 Å². The predicted molar refractivity (Wildman–Crippen MR) is 102 cm³/mol. The average molecular weight is 389 g/mol. The molecule has 136 valence electrons. The van der Waals surface area contributed by atoms with Gasteiger partial charge in [0, 0.05) is 30.1 Å². The molecule has 26 heavy (non-hydrogen) atoms. The van der Waals surface area contributed by atoms with Crippen LogP contribution in [0.5, 0.6) is 0 Å². The molecular formula is C17H20N6OS2. The normalized spacial score (nSPS) is 17.8. The van der Waals surface area contributed by atoms with Crippen molar-refractivity contribution in [1.29, 1.82) is 0 Å². The highest BCUT2D eigenvalue weighted by atomic mass is 32.2. The molecule has 5 rings (SSSR count). The van der Waals surface area contributed by atoms with Crippen LogP contribution in [0.2, 0.25) is 0 Å². The fourth-order valence-electron chi connectivity index (χ4n) is 3.28. The molecule has 1 aliphatic carbocycles. The molecule has 0 unspecified atom stereocenters. The minimum absolute atomic E-state index is 0.550. The Morgan fingerprint density at radius 2 is 2.08 bits per heavy atom. The third-order valence-corrected chi connectivity index (χ3v) is 6.38. The second-order valence-corrected chi connectivity index (χ2v) is 8.47. The molecule has 0 atom stereocenters. The largest absolute Gasteiger partial charge is 0.341 e. The highest BCUT2D eigenvalue weighted by Gasteiger charge is 2.32. The molecule has 0 radical (unpaired) electrons. The van der Waals surface area contributed by atoms with Crippen molar-refractivity contribution < 1.29 is 4.52 Å². The number of rotatable bonds is 6. The van der Waals surface area contributed by atoms with E-state index in [0.29, 0.717) is 23.5 Å². The number of anilines is 1. The Morgan fingerprint density at radius 1 is 1.19 bits per heavy atom. The third-order valence-electron chi connectivity index (χ3n) is 4.77. The lowest BCUT2D eigenvalue weighted by atomic mass is 10.1. The van der Waals surface area contributed by atoms with Gasteiger partial charge in [-0.2, -0.15) is 16.3 Å². The SMILES string of the molecule is c1cc(-c2noc(CSc3nnc(N4CCCCC4)n3C3CC3)n2)cs1. The molecule has 3 aromatic rings. The van der Waals surface area contributed by atoms with Crippen LogP contribution in [0.25, 0.3) is 11.4 Å². The maximum atomic E-state index is 5.40. The molecule has 0 N–H and O–H groups in total. The summed E-state index contributed by atoms with van der Waals surface area (Å²) in [6, 6.07) is 2.55. The topological polar surface area (TPSA) is 72.9 Å². The first-order valence-electron chi connectivity index (χ1n) is 9.06. The minimum atomic E-state index is 0.550. The number of thioether (sulfide) groups is 1. The monoisotopic (exact) mass is 388 g/mol. The van der Waals surface area contributed by atoms with Gasteiger partial charge in [-0.15, -0.1) is 10.2 Å². The summed E-state index contributed by atoms with van der Waals surface area (Å²) >= 11 is 3.26. The Kier molecular flexibility index (Phi) is 4.41. The van der Waals surface area contributed by atoms with Crippen LogP contribution >= 0.6 is 23.1 Å². The van der Waals surface area contributed by atoms with Crippen LogP contribution in [0, 0.1) is 0 Å². The zero-order chi connectivity index (χ0) is 17.3. The molecule has 7 nitrogen and oxygen atoms in total. The standard InChI is InChI=1S/C17H20N6OS2/c1-2-7-22(8-3-1)16-19-20-17(23(16)13-4-5-13)26-11-14-18-15(21-24-14)12-6-9-25-10-12/h6,9-10,13H,1-5,7-8,11H2. The Balaban J connectivity index is 1.32. The Bertz CT molecular complexity index is 864. The van der Waals surface area contributed by atoms with E-state index in [1.165, 1.54) is 32.1 Å². The van der Waals surface area contributed by atoms with Gasteiger partial charge in [0.2, 0.25) is 17.7 Å². The molecule has 2 fully saturated rings. The molecule has 2 aliphatic rings. The number of thiophene rings is 1. The molecule has 0 amide bonds. The van der Waals surface area contributed by atoms with Crippen LogP contribution in [0.3, 0.4) is 0 Å². The quantitative estimate of drug-likeness (QED) is 0.591. The summed E-state index contributed by atoms with van der Waals surface area (Å²) in [6.45, 7) is 2.17. The lowest BCUT2D eigenvalue weighted by Crippen LogP contribution is -2.31. The van der Waals surface area contributed by atoms with E-state index in [-0.39, 0.29) is 0 Å². The Labute approximate surface area is 159 Å². The van der Waals surface area contributed by atoms with E-state index < -0.39 is 0 Å². The molecule has 0 spiro atoms. The first-order valence-corrected chi connectivity index (χ1v) is 11.0. The molecule has 4 heterocycles. The smallest absolute Gasteiger partial charge is 0.237 e. The van der Waals surface area contributed by atoms with Gasteiger partial charge in [-0.1, -0.05) is 16.9 Å². The van der Waals surface area contributed by atoms with Gasteiger partial charge in [0.05, 0.1) is 5.75 Å². The predicted octanol–water partition coefficient (Wildman–Crippen LogP) is 4.01. The summed E-state index contributed by atoms with van der Waals surface area (Å²) in [6.07, 6.45) is 6.24. The van der Waals surface area contributed by atoms with E-state index in [2.05, 4.69) is 29.8 Å². The van der Waals surface area contributed by atoms with Crippen molar-refractivity contribution >= 4 is 29.0 Å². The van der Waals surface area contributed by atoms with Gasteiger partial charge in [0.25, 0.3) is 0 Å². The van der Waals surface area contributed by atoms with Crippen LogP contribution in [0.1, 0.15) is 44.0 Å². The number of aromatic nitrogens is 5. The Hall–Kier alpha value is -1.87. The number of piperidine rings is 1. The number of hydrogen-bond donors (Lipinski definition) is 0. The molecule has 1 saturated heterocycles. The van der Waals surface area contributed by atoms with E-state index >= 15 is 0 Å². The lowest BCUT2D eigenvalue weighted by molar-refractivity contribution is 0.391. The first kappa shape index (κ1) is 16.3. The van der Waals surface area contributed by atoms with Crippen molar-refractivity contribution in [3.8, 4) is 11.4 Å². The van der Waals surface area contributed by atoms with Crippen molar-refractivity contribution in [3.63, 3.8) is 0 Å². The molecular weight excluding hydrogens is 368 g/mol. The summed E-state index contributed by atoms with van der Waals surface area (Å²) in [5, 5.41) is 18.1. The third kappa shape index (κ3) is 3.25. The maximum Gasteiger partial charge on any atom is 0.237 e. The Morgan fingerprint density at radius 3 is 2.85 bits per heavy atom. The highest BCUT2D eigenvalue weighted by Crippen LogP contribution is 2.41. The van der Waals surface area contributed by atoms with Crippen molar-refractivity contribution in [2.24, 2.45) is 0 Å². The van der Waals surface area contributed by atoms with E-state index in [4.69, 9.17) is 4.52 Å². The van der Waals surface area contributed by atoms with Gasteiger partial charge in [-0.25, -0.2) is 0 Å². The van der Waals surface area contributed by atoms with Gasteiger partial charge < -0.3 is 9.42 Å². The summed E-state index contributed by atoms with van der Waals surface area (Å²) in [5.74, 6) is 2.93. The minimum Gasteiger partial charge on any atom is -0.341 e. The van der Waals surface area contributed by atoms with E-state index in [1.54, 1.807) is 23.1 Å². The van der Waals surface area contributed by atoms with Crippen LogP contribution in [-0.4, -0.2) is 38.0 Å². The molecule has 1 saturated carbocycles. The molecule has 3 aromatic heterocycles. The van der Waals surface area contributed by atoms with Gasteiger partial charge >= 0.3 is 0 Å². The summed E-state index contributed by atoms with van der Waals surface area (Å²) in [5.41, 5.74) is 1.00. The highest BCUT2D eigenvalue weighted by molar-refractivity contribution is 7.98. The lowest BCUT2D eigenvalue weighted by Gasteiger charge is -2.27. The fraction of sp³-hybridized carbons (Fsp3) is 0.529. The zero-order valence-electron chi connectivity index (χ0n) is 14.4. The summed E-state index contributed by atoms with van der Waals surface area (Å²) in [4.78, 5) is 6.88. The van der Waals surface area contributed by atoms with Gasteiger partial charge in [0.15, 0.2) is 5.16 Å². The maximum absolute atomic E-state index is 5.40. The van der Waals surface area contributed by atoms with E-state index in [9.17, 15) is 0 Å². The van der Waals surface area contributed by atoms with E-state index in [0.717, 1.165) is 29.8 Å². The van der Waals surface area contributed by atoms with Crippen LogP contribution in [0.15, 0.2) is 26.5 Å². The molecule has 0 bridgehead atoms. The average Bonchev–Trinajstić information content (AvgIpc) is 3.10. The molecule has 1 aliphatic heterocycles. The number of hydrogen-bond acceptors (Lipinski definition) is 8. The van der Waals surface area contributed by atoms with Crippen LogP contribution < -0.4 is 4.90 Å². The van der Waals surface area contributed by atoms with Crippen molar-refractivity contribution in [3.05, 3.63) is 22.7 Å². The van der Waals surface area contributed by atoms with Crippen molar-refractivity contribution in [2.45, 2.75) is 49.1 Å². The van der Waals surface area contributed by atoms with Crippen molar-refractivity contribution in [2.75, 3.05) is 18.0 Å². The van der Waals surface area contributed by atoms with Crippen LogP contribution in [-0.2, 0) is 5.75 Å². The number of nitrogens with zero attached hydrogens (tertiary/aromatic N) is 6. The first-order chi connectivity index (χ1) is 12.9. The summed E-state index contributed by atoms with van der Waals surface area (Å²) in [7, 11) is 0. The second-order valence-electron chi connectivity index (χ2n) is 6.74. The zero-order valence-corrected chi connectivity index (χ0v) is 16.0. The van der Waals surface area contributed by atoms with E-state index in [1.807, 2.05) is 16.8 Å². The van der Waals surface area contributed by atoms with Crippen LogP contribution in [0.4, 0.5) is 5.95 Å². The van der Waals surface area contributed by atoms with Gasteiger partial charge in [-0.05, 0) is 43.6 Å². The second kappa shape index (κ2) is 7.03. The molecule has 9 heteroatoms. The fourth-order valence-corrected chi connectivity index (χ4v) is 4.75. The summed E-state index contributed by atoms with van der Waals surface area (Å²) < 4.78 is 7.73.